The number of sulfonamides is 1. The number of carbonyl (C=O) groups is 1. The zero-order valence-electron chi connectivity index (χ0n) is 10.1. The Bertz CT molecular complexity index is 571. The van der Waals surface area contributed by atoms with Gasteiger partial charge < -0.3 is 5.11 Å². The van der Waals surface area contributed by atoms with Gasteiger partial charge in [-0.1, -0.05) is 0 Å². The minimum atomic E-state index is -4.17. The van der Waals surface area contributed by atoms with Gasteiger partial charge in [-0.25, -0.2) is 22.2 Å². The lowest BCUT2D eigenvalue weighted by Gasteiger charge is -2.13. The molecule has 0 aliphatic heterocycles. The highest BCUT2D eigenvalue weighted by atomic mass is 32.2. The molecule has 19 heavy (non-hydrogen) atoms. The van der Waals surface area contributed by atoms with Crippen LogP contribution < -0.4 is 4.72 Å². The largest absolute Gasteiger partial charge is 0.480 e. The Kier molecular flexibility index (Phi) is 4.93. The van der Waals surface area contributed by atoms with Gasteiger partial charge in [-0.15, -0.1) is 11.3 Å². The van der Waals surface area contributed by atoms with E-state index in [1.54, 1.807) is 11.6 Å². The van der Waals surface area contributed by atoms with Crippen molar-refractivity contribution in [2.75, 3.05) is 0 Å². The van der Waals surface area contributed by atoms with Crippen molar-refractivity contribution in [1.82, 2.24) is 9.71 Å². The molecule has 0 spiro atoms. The Morgan fingerprint density at radius 3 is 2.42 bits per heavy atom. The van der Waals surface area contributed by atoms with E-state index in [0.717, 1.165) is 11.3 Å². The zero-order valence-corrected chi connectivity index (χ0v) is 11.7. The lowest BCUT2D eigenvalue weighted by Crippen LogP contribution is -2.41. The van der Waals surface area contributed by atoms with Gasteiger partial charge in [-0.3, -0.25) is 4.79 Å². The monoisotopic (exact) mass is 314 g/mol. The normalized spacial score (nSPS) is 13.7. The second-order valence-corrected chi connectivity index (χ2v) is 6.86. The number of carboxylic acid groups (broad SMARTS) is 1. The molecule has 0 aromatic carbocycles. The molecule has 0 saturated heterocycles. The van der Waals surface area contributed by atoms with Gasteiger partial charge in [0.1, 0.15) is 6.04 Å². The van der Waals surface area contributed by atoms with Crippen LogP contribution in [0, 0.1) is 13.8 Å². The van der Waals surface area contributed by atoms with Crippen molar-refractivity contribution in [2.45, 2.75) is 36.9 Å². The summed E-state index contributed by atoms with van der Waals surface area (Å²) in [5, 5.41) is 9.22. The molecule has 1 aromatic rings. The predicted octanol–water partition coefficient (Wildman–Crippen LogP) is 1.15. The molecule has 1 aromatic heterocycles. The fraction of sp³-hybridized carbons (Fsp3) is 0.556. The molecule has 0 radical (unpaired) electrons. The SMILES string of the molecule is Cc1nc(C)c(S(=O)(=O)NC(CC(F)F)C(=O)O)s1. The van der Waals surface area contributed by atoms with E-state index in [9.17, 15) is 22.0 Å². The summed E-state index contributed by atoms with van der Waals surface area (Å²) < 4.78 is 49.8. The first-order chi connectivity index (χ1) is 8.63. The standard InChI is InChI=1S/C9H12F2N2O4S2/c1-4-9(18-5(2)12-4)19(16,17)13-6(8(14)15)3-7(10)11/h6-7,13H,3H2,1-2H3,(H,14,15). The quantitative estimate of drug-likeness (QED) is 0.821. The molecule has 6 nitrogen and oxygen atoms in total. The Morgan fingerprint density at radius 1 is 1.47 bits per heavy atom. The van der Waals surface area contributed by atoms with Crippen LogP contribution in [0.25, 0.3) is 0 Å². The number of hydrogen-bond donors (Lipinski definition) is 2. The summed E-state index contributed by atoms with van der Waals surface area (Å²) in [6.07, 6.45) is -4.01. The topological polar surface area (TPSA) is 96.4 Å². The van der Waals surface area contributed by atoms with Gasteiger partial charge in [0.15, 0.2) is 4.21 Å². The average molecular weight is 314 g/mol. The number of nitrogens with one attached hydrogen (secondary N) is 1. The van der Waals surface area contributed by atoms with E-state index in [2.05, 4.69) is 4.98 Å². The molecule has 0 bridgehead atoms. The number of aromatic nitrogens is 1. The molecule has 10 heteroatoms. The molecule has 108 valence electrons. The summed E-state index contributed by atoms with van der Waals surface area (Å²) >= 11 is 0.852. The van der Waals surface area contributed by atoms with Crippen LogP contribution in [-0.2, 0) is 14.8 Å². The molecule has 0 aliphatic carbocycles. The van der Waals surface area contributed by atoms with Crippen LogP contribution in [0.15, 0.2) is 4.21 Å². The number of rotatable bonds is 6. The lowest BCUT2D eigenvalue weighted by molar-refractivity contribution is -0.140. The molecular formula is C9H12F2N2O4S2. The molecular weight excluding hydrogens is 302 g/mol. The second-order valence-electron chi connectivity index (χ2n) is 3.74. The molecule has 1 heterocycles. The maximum atomic E-state index is 12.2. The van der Waals surface area contributed by atoms with E-state index in [-0.39, 0.29) is 9.90 Å². The fourth-order valence-corrected chi connectivity index (χ4v) is 4.08. The van der Waals surface area contributed by atoms with Gasteiger partial charge in [-0.2, -0.15) is 4.72 Å². The van der Waals surface area contributed by atoms with Crippen molar-refractivity contribution < 1.29 is 27.1 Å². The molecule has 0 aliphatic rings. The molecule has 0 saturated carbocycles. The van der Waals surface area contributed by atoms with Crippen molar-refractivity contribution in [2.24, 2.45) is 0 Å². The Hall–Kier alpha value is -1.13. The highest BCUT2D eigenvalue weighted by Gasteiger charge is 2.30. The average Bonchev–Trinajstić information content (AvgIpc) is 2.56. The minimum Gasteiger partial charge on any atom is -0.480 e. The number of halogens is 2. The summed E-state index contributed by atoms with van der Waals surface area (Å²) in [7, 11) is -4.17. The first kappa shape index (κ1) is 15.9. The number of aryl methyl sites for hydroxylation is 2. The fourth-order valence-electron chi connectivity index (χ4n) is 1.38. The number of carboxylic acids is 1. The van der Waals surface area contributed by atoms with Crippen LogP contribution in [0.3, 0.4) is 0 Å². The van der Waals surface area contributed by atoms with Crippen molar-refractivity contribution in [3.63, 3.8) is 0 Å². The number of hydrogen-bond acceptors (Lipinski definition) is 5. The van der Waals surface area contributed by atoms with E-state index in [1.807, 2.05) is 0 Å². The minimum absolute atomic E-state index is 0.162. The van der Waals surface area contributed by atoms with Crippen LogP contribution in [0.2, 0.25) is 0 Å². The summed E-state index contributed by atoms with van der Waals surface area (Å²) in [6, 6.07) is -1.87. The number of aliphatic carboxylic acids is 1. The van der Waals surface area contributed by atoms with Gasteiger partial charge in [0.05, 0.1) is 10.7 Å². The number of thiazole rings is 1. The second kappa shape index (κ2) is 5.88. The Balaban J connectivity index is 3.01. The summed E-state index contributed by atoms with van der Waals surface area (Å²) in [4.78, 5) is 14.7. The summed E-state index contributed by atoms with van der Waals surface area (Å²) in [6.45, 7) is 3.03. The Labute approximate surface area is 112 Å². The molecule has 0 fully saturated rings. The van der Waals surface area contributed by atoms with Gasteiger partial charge in [0.25, 0.3) is 10.0 Å². The summed E-state index contributed by atoms with van der Waals surface area (Å²) in [5.74, 6) is -1.65. The first-order valence-electron chi connectivity index (χ1n) is 5.11. The predicted molar refractivity (Wildman–Crippen MR) is 64.0 cm³/mol. The molecule has 1 unspecified atom stereocenters. The van der Waals surface area contributed by atoms with Crippen molar-refractivity contribution in [3.8, 4) is 0 Å². The highest BCUT2D eigenvalue weighted by molar-refractivity contribution is 7.91. The maximum Gasteiger partial charge on any atom is 0.321 e. The highest BCUT2D eigenvalue weighted by Crippen LogP contribution is 2.23. The van der Waals surface area contributed by atoms with Gasteiger partial charge in [-0.05, 0) is 13.8 Å². The van der Waals surface area contributed by atoms with Crippen molar-refractivity contribution >= 4 is 27.3 Å². The van der Waals surface area contributed by atoms with Crippen molar-refractivity contribution in [1.29, 1.82) is 0 Å². The zero-order chi connectivity index (χ0) is 14.8. The van der Waals surface area contributed by atoms with Crippen LogP contribution in [0.4, 0.5) is 8.78 Å². The molecule has 0 amide bonds. The smallest absolute Gasteiger partial charge is 0.321 e. The van der Waals surface area contributed by atoms with Gasteiger partial charge >= 0.3 is 5.97 Å². The molecule has 2 N–H and O–H groups in total. The molecule has 1 rings (SSSR count). The van der Waals surface area contributed by atoms with E-state index >= 15 is 0 Å². The third-order valence-electron chi connectivity index (χ3n) is 2.11. The molecule has 1 atom stereocenters. The van der Waals surface area contributed by atoms with Gasteiger partial charge in [0, 0.05) is 6.42 Å². The first-order valence-corrected chi connectivity index (χ1v) is 7.40. The van der Waals surface area contributed by atoms with E-state index in [1.165, 1.54) is 6.92 Å². The van der Waals surface area contributed by atoms with E-state index in [0.29, 0.717) is 5.01 Å². The lowest BCUT2D eigenvalue weighted by atomic mass is 10.2. The van der Waals surface area contributed by atoms with Crippen LogP contribution in [0.1, 0.15) is 17.1 Å². The maximum absolute atomic E-state index is 12.2. The summed E-state index contributed by atoms with van der Waals surface area (Å²) in [5.41, 5.74) is 0.205. The number of alkyl halides is 2. The Morgan fingerprint density at radius 2 is 2.05 bits per heavy atom. The van der Waals surface area contributed by atoms with E-state index in [4.69, 9.17) is 5.11 Å². The number of nitrogens with zero attached hydrogens (tertiary/aromatic N) is 1. The van der Waals surface area contributed by atoms with E-state index < -0.39 is 34.9 Å². The third kappa shape index (κ3) is 4.18. The third-order valence-corrected chi connectivity index (χ3v) is 5.27. The van der Waals surface area contributed by atoms with Crippen molar-refractivity contribution in [3.05, 3.63) is 10.7 Å². The van der Waals surface area contributed by atoms with Crippen LogP contribution in [0.5, 0.6) is 0 Å². The van der Waals surface area contributed by atoms with Crippen LogP contribution >= 0.6 is 11.3 Å². The van der Waals surface area contributed by atoms with Crippen LogP contribution in [-0.4, -0.2) is 36.9 Å². The van der Waals surface area contributed by atoms with Gasteiger partial charge in [0.2, 0.25) is 6.43 Å².